The zero-order valence-electron chi connectivity index (χ0n) is 11.8. The van der Waals surface area contributed by atoms with Gasteiger partial charge in [0.05, 0.1) is 12.8 Å². The number of para-hydroxylation sites is 1. The normalized spacial score (nSPS) is 11.2. The average molecular weight is 309 g/mol. The highest BCUT2D eigenvalue weighted by Gasteiger charge is 2.21. The summed E-state index contributed by atoms with van der Waals surface area (Å²) in [4.78, 5) is -0.226. The fourth-order valence-corrected chi connectivity index (χ4v) is 3.27. The van der Waals surface area contributed by atoms with Crippen LogP contribution in [0.1, 0.15) is 12.5 Å². The van der Waals surface area contributed by atoms with Gasteiger partial charge >= 0.3 is 0 Å². The van der Waals surface area contributed by atoms with Crippen LogP contribution < -0.4 is 9.46 Å². The van der Waals surface area contributed by atoms with Crippen LogP contribution in [0.2, 0.25) is 0 Å². The van der Waals surface area contributed by atoms with E-state index < -0.39 is 15.8 Å². The lowest BCUT2D eigenvalue weighted by atomic mass is 10.1. The van der Waals surface area contributed by atoms with Crippen LogP contribution in [0.4, 0.5) is 10.1 Å². The van der Waals surface area contributed by atoms with Gasteiger partial charge in [0.2, 0.25) is 0 Å². The smallest absolute Gasteiger partial charge is 0.265 e. The lowest BCUT2D eigenvalue weighted by molar-refractivity contribution is 0.401. The van der Waals surface area contributed by atoms with Gasteiger partial charge in [-0.2, -0.15) is 0 Å². The van der Waals surface area contributed by atoms with Gasteiger partial charge in [-0.1, -0.05) is 25.1 Å². The first kappa shape index (κ1) is 15.3. The highest BCUT2D eigenvalue weighted by molar-refractivity contribution is 7.92. The molecule has 0 heterocycles. The Balaban J connectivity index is 2.46. The van der Waals surface area contributed by atoms with Gasteiger partial charge in [0, 0.05) is 0 Å². The van der Waals surface area contributed by atoms with E-state index in [4.69, 9.17) is 4.74 Å². The number of sulfonamides is 1. The fourth-order valence-electron chi connectivity index (χ4n) is 1.99. The van der Waals surface area contributed by atoms with Crippen LogP contribution >= 0.6 is 0 Å². The van der Waals surface area contributed by atoms with Gasteiger partial charge in [0.15, 0.2) is 0 Å². The molecular formula is C15H16FNO3S. The fraction of sp³-hybridized carbons (Fsp3) is 0.200. The maximum Gasteiger partial charge on any atom is 0.265 e. The molecule has 0 atom stereocenters. The van der Waals surface area contributed by atoms with Crippen LogP contribution in [0.5, 0.6) is 5.75 Å². The van der Waals surface area contributed by atoms with Crippen LogP contribution in [0.25, 0.3) is 0 Å². The van der Waals surface area contributed by atoms with Crippen molar-refractivity contribution < 1.29 is 17.5 Å². The Hall–Kier alpha value is -2.08. The van der Waals surface area contributed by atoms with Gasteiger partial charge in [-0.05, 0) is 36.2 Å². The molecule has 0 aliphatic rings. The molecule has 0 aromatic heterocycles. The van der Waals surface area contributed by atoms with Crippen molar-refractivity contribution in [3.05, 3.63) is 53.8 Å². The Morgan fingerprint density at radius 1 is 1.19 bits per heavy atom. The Bertz CT molecular complexity index is 744. The van der Waals surface area contributed by atoms with Gasteiger partial charge in [-0.3, -0.25) is 4.72 Å². The van der Waals surface area contributed by atoms with Crippen molar-refractivity contribution >= 4 is 15.7 Å². The van der Waals surface area contributed by atoms with Crippen molar-refractivity contribution in [1.29, 1.82) is 0 Å². The number of rotatable bonds is 5. The quantitative estimate of drug-likeness (QED) is 0.923. The molecule has 2 rings (SSSR count). The Labute approximate surface area is 123 Å². The number of methoxy groups -OCH3 is 1. The van der Waals surface area contributed by atoms with E-state index in [1.165, 1.54) is 13.2 Å². The molecule has 6 heteroatoms. The molecule has 112 valence electrons. The van der Waals surface area contributed by atoms with E-state index in [1.54, 1.807) is 12.1 Å². The molecule has 4 nitrogen and oxygen atoms in total. The van der Waals surface area contributed by atoms with Crippen molar-refractivity contribution in [1.82, 2.24) is 0 Å². The van der Waals surface area contributed by atoms with Crippen molar-refractivity contribution in [2.45, 2.75) is 18.2 Å². The van der Waals surface area contributed by atoms with E-state index in [0.717, 1.165) is 17.7 Å². The lowest BCUT2D eigenvalue weighted by Crippen LogP contribution is -2.15. The molecule has 0 saturated heterocycles. The number of benzene rings is 2. The maximum atomic E-state index is 13.4. The molecule has 0 bridgehead atoms. The molecule has 21 heavy (non-hydrogen) atoms. The number of ether oxygens (including phenoxy) is 1. The molecule has 2 aromatic rings. The predicted molar refractivity (Wildman–Crippen MR) is 79.6 cm³/mol. The van der Waals surface area contributed by atoms with E-state index in [1.807, 2.05) is 19.1 Å². The molecule has 0 unspecified atom stereocenters. The summed E-state index contributed by atoms with van der Waals surface area (Å²) >= 11 is 0. The predicted octanol–water partition coefficient (Wildman–Crippen LogP) is 3.20. The summed E-state index contributed by atoms with van der Waals surface area (Å²) in [5.41, 5.74) is 1.34. The Morgan fingerprint density at radius 2 is 1.90 bits per heavy atom. The molecule has 1 N–H and O–H groups in total. The minimum absolute atomic E-state index is 0.0953. The molecule has 0 amide bonds. The number of nitrogens with one attached hydrogen (secondary N) is 1. The van der Waals surface area contributed by atoms with Gasteiger partial charge in [-0.15, -0.1) is 0 Å². The molecule has 0 fully saturated rings. The van der Waals surface area contributed by atoms with E-state index in [9.17, 15) is 12.8 Å². The summed E-state index contributed by atoms with van der Waals surface area (Å²) in [6.07, 6.45) is 0.680. The summed E-state index contributed by atoms with van der Waals surface area (Å²) in [5, 5.41) is 0. The second-order valence-corrected chi connectivity index (χ2v) is 6.06. The largest absolute Gasteiger partial charge is 0.495 e. The third-order valence-corrected chi connectivity index (χ3v) is 4.44. The highest BCUT2D eigenvalue weighted by Crippen LogP contribution is 2.27. The van der Waals surface area contributed by atoms with E-state index in [-0.39, 0.29) is 10.6 Å². The first-order valence-corrected chi connectivity index (χ1v) is 7.90. The van der Waals surface area contributed by atoms with E-state index >= 15 is 0 Å². The summed E-state index contributed by atoms with van der Waals surface area (Å²) in [7, 11) is -2.59. The van der Waals surface area contributed by atoms with Crippen molar-refractivity contribution in [2.24, 2.45) is 0 Å². The average Bonchev–Trinajstić information content (AvgIpc) is 2.47. The monoisotopic (exact) mass is 309 g/mol. The minimum atomic E-state index is -3.93. The summed E-state index contributed by atoms with van der Waals surface area (Å²) in [6.45, 7) is 1.93. The number of hydrogen-bond donors (Lipinski definition) is 1. The third-order valence-electron chi connectivity index (χ3n) is 3.06. The molecule has 0 saturated carbocycles. The maximum absolute atomic E-state index is 13.4. The zero-order chi connectivity index (χ0) is 15.5. The topological polar surface area (TPSA) is 55.4 Å². The summed E-state index contributed by atoms with van der Waals surface area (Å²) in [5.74, 6) is -0.544. The van der Waals surface area contributed by atoms with Crippen LogP contribution in [0, 0.1) is 5.82 Å². The van der Waals surface area contributed by atoms with Crippen LogP contribution in [-0.2, 0) is 16.4 Å². The lowest BCUT2D eigenvalue weighted by Gasteiger charge is -2.13. The molecule has 0 aliphatic carbocycles. The highest BCUT2D eigenvalue weighted by atomic mass is 32.2. The first-order chi connectivity index (χ1) is 9.97. The van der Waals surface area contributed by atoms with E-state index in [2.05, 4.69) is 4.72 Å². The number of aryl methyl sites for hydroxylation is 1. The van der Waals surface area contributed by atoms with Crippen molar-refractivity contribution in [2.75, 3.05) is 11.8 Å². The molecular weight excluding hydrogens is 293 g/mol. The standard InChI is InChI=1S/C15H16FNO3S/c1-3-11-6-4-5-7-13(11)17-21(18,19)15-10-12(16)8-9-14(15)20-2/h4-10,17H,3H2,1-2H3. The van der Waals surface area contributed by atoms with Gasteiger partial charge in [0.25, 0.3) is 10.0 Å². The van der Waals surface area contributed by atoms with Gasteiger partial charge in [-0.25, -0.2) is 12.8 Å². The molecule has 0 spiro atoms. The van der Waals surface area contributed by atoms with Gasteiger partial charge in [0.1, 0.15) is 16.5 Å². The number of anilines is 1. The van der Waals surface area contributed by atoms with Gasteiger partial charge < -0.3 is 4.74 Å². The minimum Gasteiger partial charge on any atom is -0.495 e. The SMILES string of the molecule is CCc1ccccc1NS(=O)(=O)c1cc(F)ccc1OC. The summed E-state index contributed by atoms with van der Waals surface area (Å²) < 4.78 is 45.7. The van der Waals surface area contributed by atoms with Crippen LogP contribution in [0.15, 0.2) is 47.4 Å². The molecule has 2 aromatic carbocycles. The number of halogens is 1. The van der Waals surface area contributed by atoms with E-state index in [0.29, 0.717) is 12.1 Å². The summed E-state index contributed by atoms with van der Waals surface area (Å²) in [6, 6.07) is 10.4. The number of hydrogen-bond acceptors (Lipinski definition) is 3. The Morgan fingerprint density at radius 3 is 2.57 bits per heavy atom. The van der Waals surface area contributed by atoms with Crippen molar-refractivity contribution in [3.63, 3.8) is 0 Å². The second-order valence-electron chi connectivity index (χ2n) is 4.41. The first-order valence-electron chi connectivity index (χ1n) is 6.42. The van der Waals surface area contributed by atoms with Crippen LogP contribution in [-0.4, -0.2) is 15.5 Å². The Kier molecular flexibility index (Phi) is 4.47. The van der Waals surface area contributed by atoms with Crippen molar-refractivity contribution in [3.8, 4) is 5.75 Å². The second kappa shape index (κ2) is 6.13. The third kappa shape index (κ3) is 3.33. The molecule has 0 radical (unpaired) electrons. The van der Waals surface area contributed by atoms with Crippen LogP contribution in [0.3, 0.4) is 0 Å². The molecule has 0 aliphatic heterocycles. The zero-order valence-corrected chi connectivity index (χ0v) is 12.6.